The third-order valence-corrected chi connectivity index (χ3v) is 0.528. The van der Waals surface area contributed by atoms with Gasteiger partial charge in [0.05, 0.1) is 12.3 Å². The van der Waals surface area contributed by atoms with E-state index in [-0.39, 0.29) is 0 Å². The number of unbranched alkanes of at least 4 members (excludes halogenated alkanes) is 1. The average molecular weight is 97.1 g/mol. The van der Waals surface area contributed by atoms with Gasteiger partial charge in [-0.05, 0) is 12.5 Å². The van der Waals surface area contributed by atoms with Crippen molar-refractivity contribution >= 4 is 0 Å². The zero-order chi connectivity index (χ0) is 5.54. The lowest BCUT2D eigenvalue weighted by Crippen LogP contribution is -1.61. The molecule has 0 heterocycles. The Balaban J connectivity index is 2.87. The summed E-state index contributed by atoms with van der Waals surface area (Å²) in [7, 11) is 0. The van der Waals surface area contributed by atoms with Gasteiger partial charge >= 0.3 is 0 Å². The van der Waals surface area contributed by atoms with Gasteiger partial charge in [0.2, 0.25) is 0 Å². The van der Waals surface area contributed by atoms with Gasteiger partial charge in [0.25, 0.3) is 0 Å². The summed E-state index contributed by atoms with van der Waals surface area (Å²) in [6.45, 7) is 0. The van der Waals surface area contributed by atoms with Crippen LogP contribution in [0.25, 0.3) is 0 Å². The Labute approximate surface area is 42.7 Å². The predicted molar refractivity (Wildman–Crippen MR) is 26.6 cm³/mol. The first-order chi connectivity index (χ1) is 3.41. The van der Waals surface area contributed by atoms with Gasteiger partial charge < -0.3 is 5.11 Å². The maximum atomic E-state index is 8.00. The second kappa shape index (κ2) is 5.03. The van der Waals surface area contributed by atoms with E-state index in [1.807, 2.05) is 6.07 Å². The van der Waals surface area contributed by atoms with Crippen molar-refractivity contribution < 1.29 is 5.11 Å². The fraction of sp³-hybridized carbons (Fsp3) is 0.400. The Morgan fingerprint density at radius 3 is 2.86 bits per heavy atom. The fourth-order valence-electron chi connectivity index (χ4n) is 0.222. The Morgan fingerprint density at radius 2 is 2.43 bits per heavy atom. The quantitative estimate of drug-likeness (QED) is 0.417. The van der Waals surface area contributed by atoms with E-state index < -0.39 is 0 Å². The number of hydrogen-bond donors (Lipinski definition) is 1. The molecule has 7 heavy (non-hydrogen) atoms. The molecule has 38 valence electrons. The van der Waals surface area contributed by atoms with E-state index in [2.05, 4.69) is 0 Å². The molecular weight excluding hydrogens is 90.1 g/mol. The van der Waals surface area contributed by atoms with Gasteiger partial charge in [0.15, 0.2) is 0 Å². The van der Waals surface area contributed by atoms with E-state index in [0.29, 0.717) is 12.8 Å². The number of allylic oxidation sites excluding steroid dienone is 1. The molecule has 0 aromatic rings. The third-order valence-electron chi connectivity index (χ3n) is 0.528. The van der Waals surface area contributed by atoms with Crippen LogP contribution in [0, 0.1) is 11.3 Å². The van der Waals surface area contributed by atoms with Gasteiger partial charge in [0, 0.05) is 6.42 Å². The van der Waals surface area contributed by atoms with Gasteiger partial charge in [-0.1, -0.05) is 0 Å². The molecule has 0 spiro atoms. The zero-order valence-corrected chi connectivity index (χ0v) is 3.96. The van der Waals surface area contributed by atoms with Crippen LogP contribution in [0.1, 0.15) is 12.8 Å². The molecule has 0 fully saturated rings. The summed E-state index contributed by atoms with van der Waals surface area (Å²) in [5.74, 6) is 0. The van der Waals surface area contributed by atoms with Crippen LogP contribution < -0.4 is 0 Å². The molecule has 0 radical (unpaired) electrons. The van der Waals surface area contributed by atoms with Crippen LogP contribution in [0.15, 0.2) is 12.3 Å². The first-order valence-electron chi connectivity index (χ1n) is 2.08. The smallest absolute Gasteiger partial charge is 0.0752 e. The normalized spacial score (nSPS) is 9.00. The van der Waals surface area contributed by atoms with E-state index in [9.17, 15) is 0 Å². The van der Waals surface area contributed by atoms with E-state index in [4.69, 9.17) is 10.4 Å². The summed E-state index contributed by atoms with van der Waals surface area (Å²) in [6, 6.07) is 1.94. The van der Waals surface area contributed by atoms with Crippen molar-refractivity contribution in [2.24, 2.45) is 0 Å². The van der Waals surface area contributed by atoms with Gasteiger partial charge in [-0.2, -0.15) is 5.26 Å². The van der Waals surface area contributed by atoms with E-state index in [1.54, 1.807) is 6.08 Å². The van der Waals surface area contributed by atoms with Crippen molar-refractivity contribution in [3.05, 3.63) is 12.3 Å². The summed E-state index contributed by atoms with van der Waals surface area (Å²) in [4.78, 5) is 0. The van der Waals surface area contributed by atoms with Crippen molar-refractivity contribution in [3.63, 3.8) is 0 Å². The van der Waals surface area contributed by atoms with Crippen LogP contribution >= 0.6 is 0 Å². The molecule has 0 aliphatic rings. The standard InChI is InChI=1S/C5H7NO/c6-4-2-1-3-5-7/h3,5,7H,1-2H2/b5-3+. The molecule has 0 saturated heterocycles. The summed E-state index contributed by atoms with van der Waals surface area (Å²) in [5, 5.41) is 15.9. The lowest BCUT2D eigenvalue weighted by Gasteiger charge is -1.74. The monoisotopic (exact) mass is 97.1 g/mol. The highest BCUT2D eigenvalue weighted by Gasteiger charge is 1.72. The minimum Gasteiger partial charge on any atom is -0.516 e. The van der Waals surface area contributed by atoms with Crippen LogP contribution in [-0.4, -0.2) is 5.11 Å². The zero-order valence-electron chi connectivity index (χ0n) is 3.96. The first-order valence-corrected chi connectivity index (χ1v) is 2.08. The Bertz CT molecular complexity index is 90.7. The highest BCUT2D eigenvalue weighted by Crippen LogP contribution is 1.84. The number of aliphatic hydroxyl groups is 1. The van der Waals surface area contributed by atoms with Gasteiger partial charge in [-0.3, -0.25) is 0 Å². The van der Waals surface area contributed by atoms with Crippen molar-refractivity contribution in [2.75, 3.05) is 0 Å². The average Bonchev–Trinajstić information content (AvgIpc) is 1.69. The van der Waals surface area contributed by atoms with Gasteiger partial charge in [-0.15, -0.1) is 0 Å². The molecule has 0 rings (SSSR count). The molecule has 0 atom stereocenters. The predicted octanol–water partition coefficient (Wildman–Crippen LogP) is 1.36. The molecule has 0 saturated carbocycles. The fourth-order valence-corrected chi connectivity index (χ4v) is 0.222. The Morgan fingerprint density at radius 1 is 1.71 bits per heavy atom. The number of nitriles is 1. The van der Waals surface area contributed by atoms with Crippen LogP contribution in [0.3, 0.4) is 0 Å². The number of rotatable bonds is 2. The van der Waals surface area contributed by atoms with E-state index in [1.165, 1.54) is 0 Å². The third kappa shape index (κ3) is 5.03. The molecule has 0 unspecified atom stereocenters. The van der Waals surface area contributed by atoms with E-state index in [0.717, 1.165) is 6.26 Å². The molecule has 0 aliphatic carbocycles. The van der Waals surface area contributed by atoms with Crippen LogP contribution in [0.5, 0.6) is 0 Å². The highest BCUT2D eigenvalue weighted by molar-refractivity contribution is 4.79. The number of hydrogen-bond acceptors (Lipinski definition) is 2. The summed E-state index contributed by atoms with van der Waals surface area (Å²) in [5.41, 5.74) is 0. The molecule has 2 heteroatoms. The largest absolute Gasteiger partial charge is 0.516 e. The van der Waals surface area contributed by atoms with Crippen molar-refractivity contribution in [1.29, 1.82) is 5.26 Å². The molecule has 1 N–H and O–H groups in total. The Hall–Kier alpha value is -0.970. The second-order valence-corrected chi connectivity index (χ2v) is 1.08. The summed E-state index contributed by atoms with van der Waals surface area (Å²) >= 11 is 0. The van der Waals surface area contributed by atoms with Crippen LogP contribution in [0.2, 0.25) is 0 Å². The van der Waals surface area contributed by atoms with Gasteiger partial charge in [-0.25, -0.2) is 0 Å². The van der Waals surface area contributed by atoms with Crippen LogP contribution in [-0.2, 0) is 0 Å². The summed E-state index contributed by atoms with van der Waals surface area (Å²) in [6.07, 6.45) is 3.63. The first kappa shape index (κ1) is 6.03. The van der Waals surface area contributed by atoms with Crippen molar-refractivity contribution in [2.45, 2.75) is 12.8 Å². The minimum atomic E-state index is 0.483. The number of nitrogens with zero attached hydrogens (tertiary/aromatic N) is 1. The molecule has 2 nitrogen and oxygen atoms in total. The molecule has 0 aromatic heterocycles. The molecular formula is C5H7NO. The molecule has 0 bridgehead atoms. The summed E-state index contributed by atoms with van der Waals surface area (Å²) < 4.78 is 0. The lowest BCUT2D eigenvalue weighted by molar-refractivity contribution is 0.471. The molecule has 0 aliphatic heterocycles. The SMILES string of the molecule is N#CCC/C=C/O. The van der Waals surface area contributed by atoms with Gasteiger partial charge in [0.1, 0.15) is 0 Å². The maximum Gasteiger partial charge on any atom is 0.0752 e. The van der Waals surface area contributed by atoms with Crippen molar-refractivity contribution in [3.8, 4) is 6.07 Å². The topological polar surface area (TPSA) is 44.0 Å². The molecule has 0 aromatic carbocycles. The highest BCUT2D eigenvalue weighted by atomic mass is 16.2. The lowest BCUT2D eigenvalue weighted by atomic mass is 10.3. The second-order valence-electron chi connectivity index (χ2n) is 1.08. The van der Waals surface area contributed by atoms with E-state index >= 15 is 0 Å². The van der Waals surface area contributed by atoms with Crippen LogP contribution in [0.4, 0.5) is 0 Å². The maximum absolute atomic E-state index is 8.00. The minimum absolute atomic E-state index is 0.483. The molecule has 0 amide bonds. The number of aliphatic hydroxyl groups excluding tert-OH is 1. The Kier molecular flexibility index (Phi) is 4.33. The van der Waals surface area contributed by atoms with Crippen molar-refractivity contribution in [1.82, 2.24) is 0 Å².